The zero-order chi connectivity index (χ0) is 13.2. The Bertz CT molecular complexity index is 289. The van der Waals surface area contributed by atoms with Crippen LogP contribution in [-0.2, 0) is 4.79 Å². The Hall–Kier alpha value is -0.570. The number of hydrogen-bond donors (Lipinski definition) is 1. The zero-order valence-corrected chi connectivity index (χ0v) is 12.2. The maximum atomic E-state index is 12.5. The molecule has 0 spiro atoms. The predicted molar refractivity (Wildman–Crippen MR) is 74.4 cm³/mol. The highest BCUT2D eigenvalue weighted by molar-refractivity contribution is 5.82. The fraction of sp³-hybridized carbons (Fsp3) is 0.933. The summed E-state index contributed by atoms with van der Waals surface area (Å²) in [5.74, 6) is 0.849. The average molecular weight is 252 g/mol. The summed E-state index contributed by atoms with van der Waals surface area (Å²) >= 11 is 0. The van der Waals surface area contributed by atoms with Crippen molar-refractivity contribution in [3.05, 3.63) is 0 Å². The van der Waals surface area contributed by atoms with Crippen molar-refractivity contribution in [3.8, 4) is 0 Å². The number of hydrogen-bond acceptors (Lipinski definition) is 2. The van der Waals surface area contributed by atoms with Gasteiger partial charge in [-0.3, -0.25) is 4.79 Å². The van der Waals surface area contributed by atoms with E-state index in [9.17, 15) is 4.79 Å². The molecule has 0 bridgehead atoms. The summed E-state index contributed by atoms with van der Waals surface area (Å²) in [5.41, 5.74) is 0.505. The number of rotatable bonds is 3. The molecule has 3 nitrogen and oxygen atoms in total. The van der Waals surface area contributed by atoms with E-state index in [4.69, 9.17) is 0 Å². The number of nitrogens with zero attached hydrogens (tertiary/aromatic N) is 1. The Balaban J connectivity index is 1.91. The SMILES string of the molecule is CCC1(CC)CCN(C(=O)C2NCCC2C)CC1. The van der Waals surface area contributed by atoms with Crippen molar-refractivity contribution in [2.45, 2.75) is 58.9 Å². The topological polar surface area (TPSA) is 32.3 Å². The van der Waals surface area contributed by atoms with Crippen LogP contribution >= 0.6 is 0 Å². The van der Waals surface area contributed by atoms with Gasteiger partial charge in [-0.2, -0.15) is 0 Å². The normalized spacial score (nSPS) is 31.6. The molecule has 0 saturated carbocycles. The molecule has 2 saturated heterocycles. The Morgan fingerprint density at radius 2 is 1.89 bits per heavy atom. The van der Waals surface area contributed by atoms with Crippen LogP contribution in [0.1, 0.15) is 52.9 Å². The van der Waals surface area contributed by atoms with Gasteiger partial charge in [-0.1, -0.05) is 33.6 Å². The Labute approximate surface area is 111 Å². The maximum absolute atomic E-state index is 12.5. The van der Waals surface area contributed by atoms with Gasteiger partial charge in [0.05, 0.1) is 6.04 Å². The quantitative estimate of drug-likeness (QED) is 0.836. The van der Waals surface area contributed by atoms with E-state index in [1.54, 1.807) is 0 Å². The van der Waals surface area contributed by atoms with Crippen molar-refractivity contribution in [3.63, 3.8) is 0 Å². The second kappa shape index (κ2) is 5.60. The summed E-state index contributed by atoms with van der Waals surface area (Å²) in [5, 5.41) is 3.36. The van der Waals surface area contributed by atoms with Crippen LogP contribution < -0.4 is 5.32 Å². The van der Waals surface area contributed by atoms with Crippen LogP contribution in [0.3, 0.4) is 0 Å². The lowest BCUT2D eigenvalue weighted by atomic mass is 9.74. The van der Waals surface area contributed by atoms with Crippen LogP contribution in [0.15, 0.2) is 0 Å². The molecule has 104 valence electrons. The fourth-order valence-electron chi connectivity index (χ4n) is 3.52. The molecule has 2 aliphatic heterocycles. The number of amides is 1. The van der Waals surface area contributed by atoms with Gasteiger partial charge < -0.3 is 10.2 Å². The molecule has 3 heteroatoms. The van der Waals surface area contributed by atoms with Gasteiger partial charge in [-0.15, -0.1) is 0 Å². The van der Waals surface area contributed by atoms with Crippen molar-refractivity contribution in [1.29, 1.82) is 0 Å². The second-order valence-corrected chi connectivity index (χ2v) is 6.23. The number of piperidine rings is 1. The molecule has 0 aromatic carbocycles. The lowest BCUT2D eigenvalue weighted by Gasteiger charge is -2.42. The fourth-order valence-corrected chi connectivity index (χ4v) is 3.52. The third-order valence-corrected chi connectivity index (χ3v) is 5.43. The first-order chi connectivity index (χ1) is 8.62. The number of likely N-dealkylation sites (tertiary alicyclic amines) is 1. The van der Waals surface area contributed by atoms with E-state index < -0.39 is 0 Å². The molecule has 2 unspecified atom stereocenters. The molecule has 2 atom stereocenters. The zero-order valence-electron chi connectivity index (χ0n) is 12.2. The Morgan fingerprint density at radius 3 is 2.33 bits per heavy atom. The minimum atomic E-state index is 0.0840. The van der Waals surface area contributed by atoms with Crippen LogP contribution in [0.2, 0.25) is 0 Å². The van der Waals surface area contributed by atoms with Crippen molar-refractivity contribution in [2.24, 2.45) is 11.3 Å². The summed E-state index contributed by atoms with van der Waals surface area (Å²) in [4.78, 5) is 14.6. The molecule has 0 aliphatic carbocycles. The molecule has 18 heavy (non-hydrogen) atoms. The van der Waals surface area contributed by atoms with E-state index in [0.717, 1.165) is 26.1 Å². The van der Waals surface area contributed by atoms with Gasteiger partial charge in [0, 0.05) is 13.1 Å². The standard InChI is InChI=1S/C15H28N2O/c1-4-15(5-2)7-10-17(11-8-15)14(18)13-12(3)6-9-16-13/h12-13,16H,4-11H2,1-3H3. The smallest absolute Gasteiger partial charge is 0.239 e. The van der Waals surface area contributed by atoms with E-state index in [1.807, 2.05) is 0 Å². The minimum Gasteiger partial charge on any atom is -0.341 e. The molecule has 2 fully saturated rings. The number of nitrogens with one attached hydrogen (secondary N) is 1. The molecule has 0 aromatic rings. The molecular formula is C15H28N2O. The molecule has 0 radical (unpaired) electrons. The van der Waals surface area contributed by atoms with E-state index in [1.165, 1.54) is 25.7 Å². The first-order valence-electron chi connectivity index (χ1n) is 7.64. The van der Waals surface area contributed by atoms with Gasteiger partial charge in [0.1, 0.15) is 0 Å². The van der Waals surface area contributed by atoms with E-state index in [2.05, 4.69) is 31.0 Å². The van der Waals surface area contributed by atoms with Crippen LogP contribution in [0.25, 0.3) is 0 Å². The Kier molecular flexibility index (Phi) is 4.31. The van der Waals surface area contributed by atoms with Gasteiger partial charge in [-0.05, 0) is 37.1 Å². The van der Waals surface area contributed by atoms with E-state index >= 15 is 0 Å². The van der Waals surface area contributed by atoms with Gasteiger partial charge in [0.15, 0.2) is 0 Å². The highest BCUT2D eigenvalue weighted by Gasteiger charge is 2.37. The van der Waals surface area contributed by atoms with Gasteiger partial charge >= 0.3 is 0 Å². The van der Waals surface area contributed by atoms with Crippen molar-refractivity contribution in [2.75, 3.05) is 19.6 Å². The molecule has 1 N–H and O–H groups in total. The highest BCUT2D eigenvalue weighted by Crippen LogP contribution is 2.38. The number of carbonyl (C=O) groups excluding carboxylic acids is 1. The monoisotopic (exact) mass is 252 g/mol. The first kappa shape index (κ1) is 13.9. The molecule has 2 heterocycles. The van der Waals surface area contributed by atoms with Crippen LogP contribution in [-0.4, -0.2) is 36.5 Å². The predicted octanol–water partition coefficient (Wildman–Crippen LogP) is 2.41. The molecule has 2 aliphatic rings. The lowest BCUT2D eigenvalue weighted by molar-refractivity contribution is -0.136. The molecule has 0 aromatic heterocycles. The summed E-state index contributed by atoms with van der Waals surface area (Å²) in [7, 11) is 0. The summed E-state index contributed by atoms with van der Waals surface area (Å²) < 4.78 is 0. The second-order valence-electron chi connectivity index (χ2n) is 6.23. The van der Waals surface area contributed by atoms with Crippen LogP contribution in [0, 0.1) is 11.3 Å². The largest absolute Gasteiger partial charge is 0.341 e. The maximum Gasteiger partial charge on any atom is 0.239 e. The Morgan fingerprint density at radius 1 is 1.28 bits per heavy atom. The third-order valence-electron chi connectivity index (χ3n) is 5.43. The van der Waals surface area contributed by atoms with Gasteiger partial charge in [0.25, 0.3) is 0 Å². The van der Waals surface area contributed by atoms with Crippen LogP contribution in [0.5, 0.6) is 0 Å². The molecular weight excluding hydrogens is 224 g/mol. The van der Waals surface area contributed by atoms with Crippen LogP contribution in [0.4, 0.5) is 0 Å². The molecule has 1 amide bonds. The molecule has 2 rings (SSSR count). The minimum absolute atomic E-state index is 0.0840. The van der Waals surface area contributed by atoms with E-state index in [0.29, 0.717) is 17.2 Å². The van der Waals surface area contributed by atoms with E-state index in [-0.39, 0.29) is 6.04 Å². The third kappa shape index (κ3) is 2.56. The van der Waals surface area contributed by atoms with Crippen molar-refractivity contribution >= 4 is 5.91 Å². The highest BCUT2D eigenvalue weighted by atomic mass is 16.2. The van der Waals surface area contributed by atoms with Gasteiger partial charge in [-0.25, -0.2) is 0 Å². The van der Waals surface area contributed by atoms with Crippen molar-refractivity contribution < 1.29 is 4.79 Å². The summed E-state index contributed by atoms with van der Waals surface area (Å²) in [6.45, 7) is 9.70. The van der Waals surface area contributed by atoms with Gasteiger partial charge in [0.2, 0.25) is 5.91 Å². The average Bonchev–Trinajstić information content (AvgIpc) is 2.84. The lowest BCUT2D eigenvalue weighted by Crippen LogP contribution is -2.50. The number of carbonyl (C=O) groups is 1. The summed E-state index contributed by atoms with van der Waals surface area (Å²) in [6.07, 6.45) is 6.02. The first-order valence-corrected chi connectivity index (χ1v) is 7.64. The summed E-state index contributed by atoms with van der Waals surface area (Å²) in [6, 6.07) is 0.0840. The van der Waals surface area contributed by atoms with Crippen molar-refractivity contribution in [1.82, 2.24) is 10.2 Å².